The third kappa shape index (κ3) is 6.29. The predicted octanol–water partition coefficient (Wildman–Crippen LogP) is 3.76. The molecule has 6 nitrogen and oxygen atoms in total. The number of nitrogens with zero attached hydrogens (tertiary/aromatic N) is 2. The molecule has 0 saturated carbocycles. The first-order chi connectivity index (χ1) is 14.8. The molecule has 0 radical (unpaired) electrons. The lowest BCUT2D eigenvalue weighted by Crippen LogP contribution is -2.44. The SMILES string of the molecule is CCN(CC)C(=O)c1ccc(S(=O)(=O)NC2CCN(Cc3ccc(Cl)cc3)CC2)cc1. The van der Waals surface area contributed by atoms with Gasteiger partial charge in [0.2, 0.25) is 10.0 Å². The van der Waals surface area contributed by atoms with Crippen LogP contribution in [0.3, 0.4) is 0 Å². The predicted molar refractivity (Wildman–Crippen MR) is 124 cm³/mol. The minimum atomic E-state index is -3.62. The van der Waals surface area contributed by atoms with Gasteiger partial charge in [0.05, 0.1) is 4.90 Å². The molecule has 0 unspecified atom stereocenters. The molecule has 0 atom stereocenters. The molecular formula is C23H30ClN3O3S. The Morgan fingerprint density at radius 3 is 2.16 bits per heavy atom. The first-order valence-electron chi connectivity index (χ1n) is 10.7. The normalized spacial score (nSPS) is 15.7. The van der Waals surface area contributed by atoms with Crippen molar-refractivity contribution in [2.75, 3.05) is 26.2 Å². The third-order valence-corrected chi connectivity index (χ3v) is 7.48. The molecule has 2 aromatic carbocycles. The smallest absolute Gasteiger partial charge is 0.253 e. The summed E-state index contributed by atoms with van der Waals surface area (Å²) in [6.45, 7) is 7.57. The van der Waals surface area contributed by atoms with Gasteiger partial charge in [-0.2, -0.15) is 0 Å². The largest absolute Gasteiger partial charge is 0.339 e. The number of hydrogen-bond acceptors (Lipinski definition) is 4. The summed E-state index contributed by atoms with van der Waals surface area (Å²) >= 11 is 5.94. The average Bonchev–Trinajstić information content (AvgIpc) is 2.77. The number of likely N-dealkylation sites (tertiary alicyclic amines) is 1. The monoisotopic (exact) mass is 463 g/mol. The van der Waals surface area contributed by atoms with Gasteiger partial charge in [-0.3, -0.25) is 9.69 Å². The molecule has 1 aliphatic heterocycles. The van der Waals surface area contributed by atoms with Crippen LogP contribution in [0.2, 0.25) is 5.02 Å². The van der Waals surface area contributed by atoms with E-state index in [0.717, 1.165) is 37.5 Å². The lowest BCUT2D eigenvalue weighted by molar-refractivity contribution is 0.0773. The van der Waals surface area contributed by atoms with Crippen molar-refractivity contribution < 1.29 is 13.2 Å². The maximum atomic E-state index is 12.8. The van der Waals surface area contributed by atoms with Crippen molar-refractivity contribution in [3.05, 3.63) is 64.7 Å². The Bertz CT molecular complexity index is 966. The lowest BCUT2D eigenvalue weighted by Gasteiger charge is -2.32. The molecule has 1 saturated heterocycles. The van der Waals surface area contributed by atoms with Crippen molar-refractivity contribution in [2.24, 2.45) is 0 Å². The van der Waals surface area contributed by atoms with Crippen LogP contribution in [0.5, 0.6) is 0 Å². The minimum Gasteiger partial charge on any atom is -0.339 e. The Kier molecular flexibility index (Phi) is 8.11. The molecule has 1 aliphatic rings. The van der Waals surface area contributed by atoms with Crippen LogP contribution < -0.4 is 4.72 Å². The highest BCUT2D eigenvalue weighted by Crippen LogP contribution is 2.19. The van der Waals surface area contributed by atoms with E-state index < -0.39 is 10.0 Å². The van der Waals surface area contributed by atoms with Crippen LogP contribution in [0.1, 0.15) is 42.6 Å². The fraction of sp³-hybridized carbons (Fsp3) is 0.435. The van der Waals surface area contributed by atoms with E-state index in [1.165, 1.54) is 17.7 Å². The van der Waals surface area contributed by atoms with E-state index in [1.54, 1.807) is 17.0 Å². The number of carbonyl (C=O) groups is 1. The number of carbonyl (C=O) groups excluding carboxylic acids is 1. The van der Waals surface area contributed by atoms with Crippen molar-refractivity contribution in [2.45, 2.75) is 44.2 Å². The highest BCUT2D eigenvalue weighted by molar-refractivity contribution is 7.89. The molecule has 1 heterocycles. The molecule has 0 spiro atoms. The molecule has 3 rings (SSSR count). The molecule has 2 aromatic rings. The van der Waals surface area contributed by atoms with E-state index >= 15 is 0 Å². The summed E-state index contributed by atoms with van der Waals surface area (Å²) in [7, 11) is -3.62. The second kappa shape index (κ2) is 10.6. The van der Waals surface area contributed by atoms with E-state index in [0.29, 0.717) is 18.7 Å². The van der Waals surface area contributed by atoms with Crippen LogP contribution >= 0.6 is 11.6 Å². The maximum absolute atomic E-state index is 12.8. The number of nitrogens with one attached hydrogen (secondary N) is 1. The van der Waals surface area contributed by atoms with Gasteiger partial charge in [0.15, 0.2) is 0 Å². The topological polar surface area (TPSA) is 69.7 Å². The third-order valence-electron chi connectivity index (χ3n) is 5.69. The number of rotatable bonds is 8. The van der Waals surface area contributed by atoms with Crippen LogP contribution in [-0.4, -0.2) is 56.3 Å². The molecule has 1 fully saturated rings. The lowest BCUT2D eigenvalue weighted by atomic mass is 10.1. The van der Waals surface area contributed by atoms with Crippen molar-refractivity contribution in [1.29, 1.82) is 0 Å². The van der Waals surface area contributed by atoms with E-state index in [-0.39, 0.29) is 16.8 Å². The zero-order chi connectivity index (χ0) is 22.4. The van der Waals surface area contributed by atoms with Gasteiger partial charge in [0, 0.05) is 49.4 Å². The Morgan fingerprint density at radius 1 is 1.03 bits per heavy atom. The summed E-state index contributed by atoms with van der Waals surface area (Å²) in [5, 5.41) is 0.724. The van der Waals surface area contributed by atoms with Crippen LogP contribution in [0, 0.1) is 0 Å². The highest BCUT2D eigenvalue weighted by atomic mass is 35.5. The second-order valence-corrected chi connectivity index (χ2v) is 9.95. The van der Waals surface area contributed by atoms with Crippen molar-refractivity contribution in [1.82, 2.24) is 14.5 Å². The second-order valence-electron chi connectivity index (χ2n) is 7.80. The summed E-state index contributed by atoms with van der Waals surface area (Å²) in [5.41, 5.74) is 1.70. The molecule has 0 bridgehead atoms. The average molecular weight is 464 g/mol. The van der Waals surface area contributed by atoms with E-state index in [1.807, 2.05) is 38.1 Å². The maximum Gasteiger partial charge on any atom is 0.253 e. The van der Waals surface area contributed by atoms with Gasteiger partial charge >= 0.3 is 0 Å². The molecule has 31 heavy (non-hydrogen) atoms. The first kappa shape index (κ1) is 23.7. The zero-order valence-corrected chi connectivity index (χ0v) is 19.6. The molecule has 1 amide bonds. The Balaban J connectivity index is 1.55. The minimum absolute atomic E-state index is 0.0880. The zero-order valence-electron chi connectivity index (χ0n) is 18.1. The fourth-order valence-corrected chi connectivity index (χ4v) is 5.25. The summed E-state index contributed by atoms with van der Waals surface area (Å²) in [5.74, 6) is -0.0880. The number of hydrogen-bond donors (Lipinski definition) is 1. The summed E-state index contributed by atoms with van der Waals surface area (Å²) in [6.07, 6.45) is 1.51. The van der Waals surface area contributed by atoms with Crippen molar-refractivity contribution in [3.63, 3.8) is 0 Å². The molecule has 0 aromatic heterocycles. The first-order valence-corrected chi connectivity index (χ1v) is 12.6. The van der Waals surface area contributed by atoms with Crippen molar-refractivity contribution in [3.8, 4) is 0 Å². The number of piperidine rings is 1. The van der Waals surface area contributed by atoms with Gasteiger partial charge in [-0.05, 0) is 68.7 Å². The number of benzene rings is 2. The number of sulfonamides is 1. The van der Waals surface area contributed by atoms with Gasteiger partial charge in [-0.25, -0.2) is 13.1 Å². The van der Waals surface area contributed by atoms with Crippen molar-refractivity contribution >= 4 is 27.5 Å². The summed E-state index contributed by atoms with van der Waals surface area (Å²) in [6, 6.07) is 13.9. The molecule has 1 N–H and O–H groups in total. The van der Waals surface area contributed by atoms with Gasteiger partial charge in [-0.1, -0.05) is 23.7 Å². The highest BCUT2D eigenvalue weighted by Gasteiger charge is 2.25. The van der Waals surface area contributed by atoms with Crippen LogP contribution in [0.4, 0.5) is 0 Å². The quantitative estimate of drug-likeness (QED) is 0.647. The van der Waals surface area contributed by atoms with Crippen LogP contribution in [0.25, 0.3) is 0 Å². The van der Waals surface area contributed by atoms with Gasteiger partial charge in [0.1, 0.15) is 0 Å². The summed E-state index contributed by atoms with van der Waals surface area (Å²) < 4.78 is 28.4. The number of halogens is 1. The molecule has 8 heteroatoms. The van der Waals surface area contributed by atoms with Gasteiger partial charge < -0.3 is 4.90 Å². The number of amides is 1. The van der Waals surface area contributed by atoms with Gasteiger partial charge in [0.25, 0.3) is 5.91 Å². The van der Waals surface area contributed by atoms with Gasteiger partial charge in [-0.15, -0.1) is 0 Å². The van der Waals surface area contributed by atoms with E-state index in [2.05, 4.69) is 9.62 Å². The Labute approximate surface area is 190 Å². The molecule has 0 aliphatic carbocycles. The Morgan fingerprint density at radius 2 is 1.61 bits per heavy atom. The standard InChI is InChI=1S/C23H30ClN3O3S/c1-3-27(4-2)23(28)19-7-11-22(12-8-19)31(29,30)25-21-13-15-26(16-14-21)17-18-5-9-20(24)10-6-18/h5-12,21,25H,3-4,13-17H2,1-2H3. The van der Waals surface area contributed by atoms with E-state index in [9.17, 15) is 13.2 Å². The van der Waals surface area contributed by atoms with Crippen LogP contribution in [0.15, 0.2) is 53.4 Å². The van der Waals surface area contributed by atoms with Crippen LogP contribution in [-0.2, 0) is 16.6 Å². The Hall–Kier alpha value is -1.93. The molecule has 168 valence electrons. The summed E-state index contributed by atoms with van der Waals surface area (Å²) in [4.78, 5) is 16.6. The fourth-order valence-electron chi connectivity index (χ4n) is 3.81. The molecular weight excluding hydrogens is 434 g/mol. The van der Waals surface area contributed by atoms with E-state index in [4.69, 9.17) is 11.6 Å².